The third kappa shape index (κ3) is 2.41. The van der Waals surface area contributed by atoms with Gasteiger partial charge >= 0.3 is 0 Å². The molecule has 2 aromatic heterocycles. The summed E-state index contributed by atoms with van der Waals surface area (Å²) in [4.78, 5) is 11.5. The Morgan fingerprint density at radius 3 is 2.57 bits per heavy atom. The van der Waals surface area contributed by atoms with E-state index in [1.165, 1.54) is 5.56 Å². The first-order chi connectivity index (χ1) is 10.1. The van der Waals surface area contributed by atoms with E-state index in [1.54, 1.807) is 11.1 Å². The summed E-state index contributed by atoms with van der Waals surface area (Å²) in [5.74, 6) is -0.422. The Kier molecular flexibility index (Phi) is 3.45. The molecule has 0 unspecified atom stereocenters. The van der Waals surface area contributed by atoms with Gasteiger partial charge in [0.05, 0.1) is 12.4 Å². The van der Waals surface area contributed by atoms with Crippen LogP contribution in [0.5, 0.6) is 0 Å². The largest absolute Gasteiger partial charge is 0.362 e. The summed E-state index contributed by atoms with van der Waals surface area (Å²) in [5.41, 5.74) is 2.19. The van der Waals surface area contributed by atoms with Gasteiger partial charge in [-0.1, -0.05) is 0 Å². The van der Waals surface area contributed by atoms with Gasteiger partial charge in [-0.15, -0.1) is 0 Å². The minimum absolute atomic E-state index is 0.00999. The lowest BCUT2D eigenvalue weighted by Crippen LogP contribution is -2.33. The highest BCUT2D eigenvalue weighted by Gasteiger charge is 2.24. The van der Waals surface area contributed by atoms with Crippen molar-refractivity contribution < 1.29 is 8.78 Å². The van der Waals surface area contributed by atoms with Crippen LogP contribution in [0.25, 0.3) is 0 Å². The second-order valence-electron chi connectivity index (χ2n) is 5.29. The standard InChI is InChI=1S/C15H16F2N4/c1-20(2)15-11-9-21(6-4-10(11)3-5-19-15)14-12(16)7-18-8-13(14)17/h3,5,7-8H,4,6,9H2,1-2H3. The van der Waals surface area contributed by atoms with Crippen molar-refractivity contribution in [3.63, 3.8) is 0 Å². The van der Waals surface area contributed by atoms with E-state index in [2.05, 4.69) is 9.97 Å². The van der Waals surface area contributed by atoms with Gasteiger partial charge in [-0.2, -0.15) is 0 Å². The number of pyridine rings is 2. The van der Waals surface area contributed by atoms with Crippen LogP contribution in [0.15, 0.2) is 24.7 Å². The van der Waals surface area contributed by atoms with Crippen LogP contribution in [0.2, 0.25) is 0 Å². The van der Waals surface area contributed by atoms with Crippen molar-refractivity contribution in [3.05, 3.63) is 47.4 Å². The van der Waals surface area contributed by atoms with Crippen molar-refractivity contribution in [3.8, 4) is 0 Å². The molecule has 0 N–H and O–H groups in total. The third-order valence-electron chi connectivity index (χ3n) is 3.70. The molecular formula is C15H16F2N4. The van der Waals surface area contributed by atoms with Crippen LogP contribution in [0, 0.1) is 11.6 Å². The molecule has 1 aliphatic heterocycles. The Morgan fingerprint density at radius 1 is 1.19 bits per heavy atom. The van der Waals surface area contributed by atoms with Crippen molar-refractivity contribution in [2.24, 2.45) is 0 Å². The molecule has 0 aliphatic carbocycles. The Bertz CT molecular complexity index is 652. The normalized spacial score (nSPS) is 14.0. The molecule has 0 aromatic carbocycles. The van der Waals surface area contributed by atoms with E-state index in [0.29, 0.717) is 13.1 Å². The molecule has 0 atom stereocenters. The van der Waals surface area contributed by atoms with Gasteiger partial charge in [0.2, 0.25) is 0 Å². The third-order valence-corrected chi connectivity index (χ3v) is 3.70. The molecule has 0 saturated heterocycles. The van der Waals surface area contributed by atoms with E-state index in [1.807, 2.05) is 25.1 Å². The number of aromatic nitrogens is 2. The van der Waals surface area contributed by atoms with Gasteiger partial charge in [0.25, 0.3) is 0 Å². The molecule has 0 radical (unpaired) electrons. The molecule has 3 heterocycles. The van der Waals surface area contributed by atoms with E-state index in [0.717, 1.165) is 30.2 Å². The number of hydrogen-bond donors (Lipinski definition) is 0. The number of hydrogen-bond acceptors (Lipinski definition) is 4. The van der Waals surface area contributed by atoms with Gasteiger partial charge in [0.1, 0.15) is 11.5 Å². The average Bonchev–Trinajstić information content (AvgIpc) is 2.46. The molecule has 0 saturated carbocycles. The predicted octanol–water partition coefficient (Wildman–Crippen LogP) is 2.38. The second kappa shape index (κ2) is 5.27. The highest BCUT2D eigenvalue weighted by Crippen LogP contribution is 2.31. The first-order valence-electron chi connectivity index (χ1n) is 6.76. The fraction of sp³-hybridized carbons (Fsp3) is 0.333. The van der Waals surface area contributed by atoms with Crippen molar-refractivity contribution in [2.45, 2.75) is 13.0 Å². The summed E-state index contributed by atoms with van der Waals surface area (Å²) in [6.45, 7) is 1.01. The lowest BCUT2D eigenvalue weighted by Gasteiger charge is -2.32. The molecule has 6 heteroatoms. The first-order valence-corrected chi connectivity index (χ1v) is 6.76. The Balaban J connectivity index is 2.01. The second-order valence-corrected chi connectivity index (χ2v) is 5.29. The zero-order chi connectivity index (χ0) is 15.0. The molecule has 0 bridgehead atoms. The zero-order valence-electron chi connectivity index (χ0n) is 12.0. The van der Waals surface area contributed by atoms with Crippen molar-refractivity contribution in [1.29, 1.82) is 0 Å². The van der Waals surface area contributed by atoms with Gasteiger partial charge in [0.15, 0.2) is 11.6 Å². The summed E-state index contributed by atoms with van der Waals surface area (Å²) >= 11 is 0. The SMILES string of the molecule is CN(C)c1nccc2c1CN(c1c(F)cncc1F)CC2. The van der Waals surface area contributed by atoms with Crippen LogP contribution in [-0.4, -0.2) is 30.6 Å². The van der Waals surface area contributed by atoms with E-state index in [-0.39, 0.29) is 5.69 Å². The zero-order valence-corrected chi connectivity index (χ0v) is 12.0. The van der Waals surface area contributed by atoms with Gasteiger partial charge in [-0.05, 0) is 18.1 Å². The highest BCUT2D eigenvalue weighted by molar-refractivity contribution is 5.56. The number of fused-ring (bicyclic) bond motifs is 1. The van der Waals surface area contributed by atoms with Gasteiger partial charge in [-0.25, -0.2) is 13.8 Å². The summed E-state index contributed by atoms with van der Waals surface area (Å²) < 4.78 is 27.8. The minimum Gasteiger partial charge on any atom is -0.362 e. The van der Waals surface area contributed by atoms with Crippen molar-refractivity contribution in [2.75, 3.05) is 30.4 Å². The summed E-state index contributed by atoms with van der Waals surface area (Å²) in [6.07, 6.45) is 4.60. The topological polar surface area (TPSA) is 32.3 Å². The maximum atomic E-state index is 13.9. The van der Waals surface area contributed by atoms with Crippen LogP contribution in [0.1, 0.15) is 11.1 Å². The molecule has 0 amide bonds. The number of anilines is 2. The maximum Gasteiger partial charge on any atom is 0.167 e. The Morgan fingerprint density at radius 2 is 1.90 bits per heavy atom. The molecule has 110 valence electrons. The molecular weight excluding hydrogens is 274 g/mol. The average molecular weight is 290 g/mol. The monoisotopic (exact) mass is 290 g/mol. The van der Waals surface area contributed by atoms with Crippen LogP contribution < -0.4 is 9.80 Å². The number of halogens is 2. The molecule has 21 heavy (non-hydrogen) atoms. The van der Waals surface area contributed by atoms with Gasteiger partial charge in [0, 0.05) is 38.9 Å². The minimum atomic E-state index is -0.631. The van der Waals surface area contributed by atoms with Gasteiger partial charge < -0.3 is 9.80 Å². The van der Waals surface area contributed by atoms with Crippen LogP contribution in [0.4, 0.5) is 20.3 Å². The first kappa shape index (κ1) is 13.7. The van der Waals surface area contributed by atoms with Crippen molar-refractivity contribution in [1.82, 2.24) is 9.97 Å². The molecule has 1 aliphatic rings. The van der Waals surface area contributed by atoms with Crippen molar-refractivity contribution >= 4 is 11.5 Å². The smallest absolute Gasteiger partial charge is 0.167 e. The molecule has 2 aromatic rings. The van der Waals surface area contributed by atoms with E-state index >= 15 is 0 Å². The van der Waals surface area contributed by atoms with E-state index in [9.17, 15) is 8.78 Å². The van der Waals surface area contributed by atoms with Gasteiger partial charge in [-0.3, -0.25) is 4.98 Å². The Hall–Kier alpha value is -2.24. The highest BCUT2D eigenvalue weighted by atomic mass is 19.1. The van der Waals surface area contributed by atoms with E-state index < -0.39 is 11.6 Å². The maximum absolute atomic E-state index is 13.9. The molecule has 0 spiro atoms. The van der Waals surface area contributed by atoms with E-state index in [4.69, 9.17) is 0 Å². The summed E-state index contributed by atoms with van der Waals surface area (Å²) in [6, 6.07) is 1.97. The number of nitrogens with zero attached hydrogens (tertiary/aromatic N) is 4. The predicted molar refractivity (Wildman–Crippen MR) is 77.5 cm³/mol. The number of rotatable bonds is 2. The summed E-state index contributed by atoms with van der Waals surface area (Å²) in [5, 5.41) is 0. The fourth-order valence-corrected chi connectivity index (χ4v) is 2.73. The van der Waals surface area contributed by atoms with Crippen LogP contribution in [-0.2, 0) is 13.0 Å². The fourth-order valence-electron chi connectivity index (χ4n) is 2.73. The quantitative estimate of drug-likeness (QED) is 0.850. The Labute approximate surface area is 122 Å². The lowest BCUT2D eigenvalue weighted by molar-refractivity contribution is 0.555. The molecule has 4 nitrogen and oxygen atoms in total. The molecule has 3 rings (SSSR count). The lowest BCUT2D eigenvalue weighted by atomic mass is 10.00. The van der Waals surface area contributed by atoms with Crippen LogP contribution >= 0.6 is 0 Å². The molecule has 0 fully saturated rings. The van der Waals surface area contributed by atoms with Crippen LogP contribution in [0.3, 0.4) is 0 Å². The summed E-state index contributed by atoms with van der Waals surface area (Å²) in [7, 11) is 3.82.